The summed E-state index contributed by atoms with van der Waals surface area (Å²) in [6.07, 6.45) is 2.36. The van der Waals surface area contributed by atoms with Crippen molar-refractivity contribution in [1.29, 1.82) is 0 Å². The van der Waals surface area contributed by atoms with E-state index in [1.54, 1.807) is 6.07 Å². The molecule has 0 spiro atoms. The summed E-state index contributed by atoms with van der Waals surface area (Å²) >= 11 is 0. The number of halogens is 3. The lowest BCUT2D eigenvalue weighted by Gasteiger charge is -2.35. The first-order valence-electron chi connectivity index (χ1n) is 7.22. The third-order valence-corrected chi connectivity index (χ3v) is 4.07. The quantitative estimate of drug-likeness (QED) is 0.798. The molecule has 2 atom stereocenters. The Morgan fingerprint density at radius 1 is 1.08 bits per heavy atom. The molecule has 24 heavy (non-hydrogen) atoms. The van der Waals surface area contributed by atoms with Crippen molar-refractivity contribution in [3.05, 3.63) is 83.7 Å². The van der Waals surface area contributed by atoms with Crippen LogP contribution < -0.4 is 0 Å². The lowest BCUT2D eigenvalue weighted by Crippen LogP contribution is -2.41. The third kappa shape index (κ3) is 2.56. The zero-order valence-electron chi connectivity index (χ0n) is 12.7. The molecule has 0 aliphatic rings. The van der Waals surface area contributed by atoms with E-state index in [2.05, 4.69) is 10.1 Å². The summed E-state index contributed by atoms with van der Waals surface area (Å²) in [5.41, 5.74) is -2.15. The Balaban J connectivity index is 2.22. The molecule has 1 aromatic heterocycles. The average molecular weight is 333 g/mol. The topological polar surface area (TPSA) is 50.9 Å². The molecule has 124 valence electrons. The van der Waals surface area contributed by atoms with Crippen LogP contribution in [0.25, 0.3) is 0 Å². The molecule has 1 heterocycles. The molecule has 0 saturated carbocycles. The van der Waals surface area contributed by atoms with Crippen LogP contribution in [-0.4, -0.2) is 19.9 Å². The van der Waals surface area contributed by atoms with Gasteiger partial charge in [0.1, 0.15) is 30.1 Å². The molecule has 4 nitrogen and oxygen atoms in total. The van der Waals surface area contributed by atoms with E-state index in [-0.39, 0.29) is 11.1 Å². The molecule has 2 aromatic carbocycles. The van der Waals surface area contributed by atoms with E-state index in [1.165, 1.54) is 37.8 Å². The molecule has 0 amide bonds. The molecule has 0 fully saturated rings. The molecule has 0 radical (unpaired) electrons. The molecule has 2 unspecified atom stereocenters. The zero-order chi connectivity index (χ0) is 17.3. The first-order valence-corrected chi connectivity index (χ1v) is 7.22. The van der Waals surface area contributed by atoms with Crippen LogP contribution >= 0.6 is 0 Å². The molecular formula is C17H14F3N3O. The minimum Gasteiger partial charge on any atom is -0.365 e. The number of rotatable bonds is 4. The van der Waals surface area contributed by atoms with Gasteiger partial charge >= 0.3 is 0 Å². The number of nitrogens with zero attached hydrogens (tertiary/aromatic N) is 3. The minimum atomic E-state index is -2.09. The van der Waals surface area contributed by atoms with Crippen molar-refractivity contribution in [3.63, 3.8) is 0 Å². The summed E-state index contributed by atoms with van der Waals surface area (Å²) in [6, 6.07) is 8.65. The van der Waals surface area contributed by atoms with E-state index in [4.69, 9.17) is 0 Å². The highest BCUT2D eigenvalue weighted by atomic mass is 19.1. The molecule has 7 heteroatoms. The molecule has 0 bridgehead atoms. The molecule has 0 saturated heterocycles. The maximum absolute atomic E-state index is 14.4. The second kappa shape index (κ2) is 6.09. The average Bonchev–Trinajstić information content (AvgIpc) is 3.09. The van der Waals surface area contributed by atoms with Gasteiger partial charge in [-0.15, -0.1) is 0 Å². The van der Waals surface area contributed by atoms with Crippen LogP contribution in [-0.2, 0) is 5.72 Å². The minimum absolute atomic E-state index is 0.166. The lowest BCUT2D eigenvalue weighted by molar-refractivity contribution is -0.0333. The number of hydrogen-bond acceptors (Lipinski definition) is 3. The van der Waals surface area contributed by atoms with E-state index in [0.717, 1.165) is 16.8 Å². The van der Waals surface area contributed by atoms with Gasteiger partial charge in [0.25, 0.3) is 0 Å². The lowest BCUT2D eigenvalue weighted by atomic mass is 9.84. The second-order valence-electron chi connectivity index (χ2n) is 5.43. The van der Waals surface area contributed by atoms with Crippen LogP contribution in [0.15, 0.2) is 55.1 Å². The van der Waals surface area contributed by atoms with Crippen molar-refractivity contribution in [1.82, 2.24) is 14.8 Å². The normalized spacial score (nSPS) is 15.0. The largest absolute Gasteiger partial charge is 0.365 e. The van der Waals surface area contributed by atoms with Gasteiger partial charge in [-0.1, -0.05) is 25.1 Å². The summed E-state index contributed by atoms with van der Waals surface area (Å²) < 4.78 is 42.8. The highest BCUT2D eigenvalue weighted by Gasteiger charge is 2.42. The fourth-order valence-electron chi connectivity index (χ4n) is 2.77. The zero-order valence-corrected chi connectivity index (χ0v) is 12.7. The summed E-state index contributed by atoms with van der Waals surface area (Å²) in [7, 11) is 0. The Morgan fingerprint density at radius 2 is 1.83 bits per heavy atom. The highest BCUT2D eigenvalue weighted by molar-refractivity contribution is 5.32. The van der Waals surface area contributed by atoms with Crippen molar-refractivity contribution >= 4 is 0 Å². The summed E-state index contributed by atoms with van der Waals surface area (Å²) in [5.74, 6) is -3.22. The van der Waals surface area contributed by atoms with Crippen LogP contribution in [0, 0.1) is 17.5 Å². The van der Waals surface area contributed by atoms with Gasteiger partial charge < -0.3 is 5.11 Å². The number of aromatic nitrogens is 3. The maximum atomic E-state index is 14.4. The number of aliphatic hydroxyl groups is 1. The summed E-state index contributed by atoms with van der Waals surface area (Å²) in [4.78, 5) is 3.76. The van der Waals surface area contributed by atoms with Gasteiger partial charge in [0.2, 0.25) is 0 Å². The second-order valence-corrected chi connectivity index (χ2v) is 5.43. The fourth-order valence-corrected chi connectivity index (χ4v) is 2.77. The van der Waals surface area contributed by atoms with E-state index in [0.29, 0.717) is 6.07 Å². The van der Waals surface area contributed by atoms with E-state index < -0.39 is 29.1 Å². The Kier molecular flexibility index (Phi) is 4.11. The van der Waals surface area contributed by atoms with Crippen molar-refractivity contribution in [3.8, 4) is 0 Å². The third-order valence-electron chi connectivity index (χ3n) is 4.07. The molecule has 1 N–H and O–H groups in total. The Labute approximate surface area is 136 Å². The van der Waals surface area contributed by atoms with Crippen molar-refractivity contribution in [2.24, 2.45) is 0 Å². The molecule has 3 aromatic rings. The number of hydrogen-bond donors (Lipinski definition) is 1. The first kappa shape index (κ1) is 16.2. The Morgan fingerprint density at radius 3 is 2.46 bits per heavy atom. The SMILES string of the molecule is CC(c1ccccc1F)C(O)(c1ccc(F)cc1F)n1cncn1. The van der Waals surface area contributed by atoms with Gasteiger partial charge in [-0.05, 0) is 23.8 Å². The van der Waals surface area contributed by atoms with Crippen molar-refractivity contribution < 1.29 is 18.3 Å². The van der Waals surface area contributed by atoms with Crippen molar-refractivity contribution in [2.75, 3.05) is 0 Å². The predicted octanol–water partition coefficient (Wildman–Crippen LogP) is 3.19. The van der Waals surface area contributed by atoms with E-state index in [9.17, 15) is 18.3 Å². The van der Waals surface area contributed by atoms with Gasteiger partial charge in [0, 0.05) is 17.5 Å². The van der Waals surface area contributed by atoms with E-state index >= 15 is 0 Å². The fraction of sp³-hybridized carbons (Fsp3) is 0.176. The van der Waals surface area contributed by atoms with Crippen molar-refractivity contribution in [2.45, 2.75) is 18.6 Å². The summed E-state index contributed by atoms with van der Waals surface area (Å²) in [5, 5.41) is 15.2. The monoisotopic (exact) mass is 333 g/mol. The molecule has 0 aliphatic carbocycles. The van der Waals surface area contributed by atoms with Gasteiger partial charge in [-0.2, -0.15) is 5.10 Å². The van der Waals surface area contributed by atoms with Crippen LogP contribution in [0.4, 0.5) is 13.2 Å². The van der Waals surface area contributed by atoms with Gasteiger partial charge in [-0.25, -0.2) is 22.8 Å². The number of benzene rings is 2. The molecular weight excluding hydrogens is 319 g/mol. The predicted molar refractivity (Wildman–Crippen MR) is 80.5 cm³/mol. The van der Waals surface area contributed by atoms with Gasteiger partial charge in [0.15, 0.2) is 5.72 Å². The van der Waals surface area contributed by atoms with Crippen LogP contribution in [0.5, 0.6) is 0 Å². The highest BCUT2D eigenvalue weighted by Crippen LogP contribution is 2.39. The standard InChI is InChI=1S/C17H14F3N3O/c1-11(13-4-2-3-5-15(13)19)17(24,23-10-21-9-22-23)14-7-6-12(18)8-16(14)20/h2-11,24H,1H3. The molecule has 0 aliphatic heterocycles. The van der Waals surface area contributed by atoms with Crippen LogP contribution in [0.2, 0.25) is 0 Å². The van der Waals surface area contributed by atoms with Crippen LogP contribution in [0.3, 0.4) is 0 Å². The Bertz CT molecular complexity index is 854. The van der Waals surface area contributed by atoms with Gasteiger partial charge in [0.05, 0.1) is 0 Å². The smallest absolute Gasteiger partial charge is 0.195 e. The van der Waals surface area contributed by atoms with E-state index in [1.807, 2.05) is 0 Å². The molecule has 3 rings (SSSR count). The van der Waals surface area contributed by atoms with Crippen LogP contribution in [0.1, 0.15) is 24.0 Å². The van der Waals surface area contributed by atoms with Gasteiger partial charge in [-0.3, -0.25) is 0 Å². The Hall–Kier alpha value is -2.67. The first-order chi connectivity index (χ1) is 11.4. The maximum Gasteiger partial charge on any atom is 0.195 e. The summed E-state index contributed by atoms with van der Waals surface area (Å²) in [6.45, 7) is 1.53.